The second-order valence-corrected chi connectivity index (χ2v) is 8.44. The van der Waals surface area contributed by atoms with E-state index in [2.05, 4.69) is 50.4 Å². The number of hydrogen-bond acceptors (Lipinski definition) is 5. The maximum atomic E-state index is 11.9. The quantitative estimate of drug-likeness (QED) is 0.410. The van der Waals surface area contributed by atoms with E-state index < -0.39 is 0 Å². The van der Waals surface area contributed by atoms with Gasteiger partial charge in [-0.15, -0.1) is 0 Å². The Morgan fingerprint density at radius 2 is 1.65 bits per heavy atom. The van der Waals surface area contributed by atoms with Crippen molar-refractivity contribution in [2.75, 3.05) is 12.4 Å². The van der Waals surface area contributed by atoms with Gasteiger partial charge in [0.1, 0.15) is 5.82 Å². The van der Waals surface area contributed by atoms with E-state index in [1.54, 1.807) is 12.1 Å². The Morgan fingerprint density at radius 1 is 0.903 bits per heavy atom. The van der Waals surface area contributed by atoms with Crippen LogP contribution in [0.2, 0.25) is 0 Å². The molecule has 0 spiro atoms. The summed E-state index contributed by atoms with van der Waals surface area (Å²) in [5.41, 5.74) is 4.36. The number of rotatable bonds is 4. The van der Waals surface area contributed by atoms with Crippen LogP contribution in [-0.4, -0.2) is 23.0 Å². The van der Waals surface area contributed by atoms with E-state index in [0.717, 1.165) is 22.2 Å². The Bertz CT molecular complexity index is 1240. The number of para-hydroxylation sites is 1. The molecule has 0 atom stereocenters. The number of nitrogens with zero attached hydrogens (tertiary/aromatic N) is 2. The van der Waals surface area contributed by atoms with E-state index in [-0.39, 0.29) is 11.4 Å². The fourth-order valence-electron chi connectivity index (χ4n) is 3.40. The van der Waals surface area contributed by atoms with Crippen molar-refractivity contribution in [2.45, 2.75) is 26.2 Å². The van der Waals surface area contributed by atoms with Crippen molar-refractivity contribution in [1.82, 2.24) is 9.97 Å². The summed E-state index contributed by atoms with van der Waals surface area (Å²) >= 11 is 0. The van der Waals surface area contributed by atoms with Crippen molar-refractivity contribution in [1.29, 1.82) is 0 Å². The minimum Gasteiger partial charge on any atom is -0.465 e. The van der Waals surface area contributed by atoms with Crippen LogP contribution in [0.1, 0.15) is 36.7 Å². The van der Waals surface area contributed by atoms with Gasteiger partial charge in [-0.3, -0.25) is 0 Å². The highest BCUT2D eigenvalue weighted by Crippen LogP contribution is 2.29. The zero-order valence-corrected chi connectivity index (χ0v) is 18.1. The highest BCUT2D eigenvalue weighted by Gasteiger charge is 2.15. The van der Waals surface area contributed by atoms with Crippen molar-refractivity contribution < 1.29 is 9.53 Å². The maximum absolute atomic E-state index is 11.9. The summed E-state index contributed by atoms with van der Waals surface area (Å²) in [5.74, 6) is 0.948. The standard InChI is InChI=1S/C26H25N3O2/c1-26(2,3)19-14-12-17(13-15-19)23-28-22-11-6-5-10-21(22)24(29-23)27-20-9-7-8-18(16-20)25(30)31-4/h5-16H,1-4H3,(H,27,28,29). The lowest BCUT2D eigenvalue weighted by atomic mass is 9.87. The number of aromatic nitrogens is 2. The van der Waals surface area contributed by atoms with Crippen LogP contribution in [-0.2, 0) is 10.2 Å². The van der Waals surface area contributed by atoms with Crippen LogP contribution in [0.25, 0.3) is 22.3 Å². The highest BCUT2D eigenvalue weighted by molar-refractivity contribution is 5.94. The third-order valence-corrected chi connectivity index (χ3v) is 5.16. The van der Waals surface area contributed by atoms with Crippen LogP contribution in [0.3, 0.4) is 0 Å². The molecule has 1 aromatic heterocycles. The van der Waals surface area contributed by atoms with Crippen molar-refractivity contribution in [2.24, 2.45) is 0 Å². The number of carbonyl (C=O) groups is 1. The number of hydrogen-bond donors (Lipinski definition) is 1. The minimum absolute atomic E-state index is 0.0835. The molecule has 5 nitrogen and oxygen atoms in total. The Hall–Kier alpha value is -3.73. The number of methoxy groups -OCH3 is 1. The predicted molar refractivity (Wildman–Crippen MR) is 125 cm³/mol. The number of nitrogens with one attached hydrogen (secondary N) is 1. The fourth-order valence-corrected chi connectivity index (χ4v) is 3.40. The smallest absolute Gasteiger partial charge is 0.337 e. The van der Waals surface area contributed by atoms with Gasteiger partial charge in [-0.25, -0.2) is 14.8 Å². The van der Waals surface area contributed by atoms with Gasteiger partial charge in [0.05, 0.1) is 18.2 Å². The highest BCUT2D eigenvalue weighted by atomic mass is 16.5. The van der Waals surface area contributed by atoms with Crippen molar-refractivity contribution >= 4 is 28.4 Å². The van der Waals surface area contributed by atoms with E-state index in [1.807, 2.05) is 36.4 Å². The number of anilines is 2. The number of benzene rings is 3. The Kier molecular flexibility index (Phi) is 5.42. The molecular formula is C26H25N3O2. The number of fused-ring (bicyclic) bond motifs is 1. The van der Waals surface area contributed by atoms with Crippen molar-refractivity contribution in [3.8, 4) is 11.4 Å². The Labute approximate surface area is 182 Å². The summed E-state index contributed by atoms with van der Waals surface area (Å²) in [6, 6.07) is 23.4. The normalized spacial score (nSPS) is 11.4. The van der Waals surface area contributed by atoms with Gasteiger partial charge in [0, 0.05) is 16.6 Å². The summed E-state index contributed by atoms with van der Waals surface area (Å²) < 4.78 is 4.83. The first kappa shape index (κ1) is 20.5. The Morgan fingerprint density at radius 3 is 2.35 bits per heavy atom. The molecule has 0 fully saturated rings. The molecule has 0 amide bonds. The first-order valence-corrected chi connectivity index (χ1v) is 10.2. The number of esters is 1. The second-order valence-electron chi connectivity index (χ2n) is 8.44. The minimum atomic E-state index is -0.379. The lowest BCUT2D eigenvalue weighted by Crippen LogP contribution is -2.10. The van der Waals surface area contributed by atoms with Gasteiger partial charge in [0.2, 0.25) is 0 Å². The Balaban J connectivity index is 1.76. The maximum Gasteiger partial charge on any atom is 0.337 e. The average molecular weight is 412 g/mol. The molecule has 156 valence electrons. The van der Waals surface area contributed by atoms with E-state index in [1.165, 1.54) is 12.7 Å². The van der Waals surface area contributed by atoms with Crippen LogP contribution >= 0.6 is 0 Å². The van der Waals surface area contributed by atoms with E-state index in [9.17, 15) is 4.79 Å². The van der Waals surface area contributed by atoms with Crippen molar-refractivity contribution in [3.63, 3.8) is 0 Å². The molecule has 0 bridgehead atoms. The topological polar surface area (TPSA) is 64.1 Å². The molecule has 31 heavy (non-hydrogen) atoms. The number of ether oxygens (including phenoxy) is 1. The van der Waals surface area contributed by atoms with Gasteiger partial charge in [-0.2, -0.15) is 0 Å². The third kappa shape index (κ3) is 4.40. The SMILES string of the molecule is COC(=O)c1cccc(Nc2nc(-c3ccc(C(C)(C)C)cc3)nc3ccccc23)c1. The summed E-state index contributed by atoms with van der Waals surface area (Å²) in [6.07, 6.45) is 0. The zero-order chi connectivity index (χ0) is 22.0. The van der Waals surface area contributed by atoms with Crippen LogP contribution in [0, 0.1) is 0 Å². The van der Waals surface area contributed by atoms with Gasteiger partial charge in [0.25, 0.3) is 0 Å². The summed E-state index contributed by atoms with van der Waals surface area (Å²) in [4.78, 5) is 21.5. The molecule has 0 aliphatic heterocycles. The third-order valence-electron chi connectivity index (χ3n) is 5.16. The molecule has 0 radical (unpaired) electrons. The van der Waals surface area contributed by atoms with Crippen LogP contribution in [0.5, 0.6) is 0 Å². The van der Waals surface area contributed by atoms with Gasteiger partial charge in [-0.05, 0) is 41.3 Å². The second kappa shape index (κ2) is 8.19. The van der Waals surface area contributed by atoms with Crippen LogP contribution in [0.15, 0.2) is 72.8 Å². The van der Waals surface area contributed by atoms with Gasteiger partial charge < -0.3 is 10.1 Å². The van der Waals surface area contributed by atoms with E-state index in [0.29, 0.717) is 17.2 Å². The predicted octanol–water partition coefficient (Wildman–Crippen LogP) is 6.12. The lowest BCUT2D eigenvalue weighted by molar-refractivity contribution is 0.0601. The van der Waals surface area contributed by atoms with Gasteiger partial charge in [-0.1, -0.05) is 63.2 Å². The summed E-state index contributed by atoms with van der Waals surface area (Å²) in [7, 11) is 1.37. The molecule has 0 saturated carbocycles. The molecular weight excluding hydrogens is 386 g/mol. The van der Waals surface area contributed by atoms with Crippen molar-refractivity contribution in [3.05, 3.63) is 83.9 Å². The van der Waals surface area contributed by atoms with E-state index >= 15 is 0 Å². The molecule has 0 aliphatic rings. The van der Waals surface area contributed by atoms with Gasteiger partial charge in [0.15, 0.2) is 5.82 Å². The molecule has 4 rings (SSSR count). The number of carbonyl (C=O) groups excluding carboxylic acids is 1. The lowest BCUT2D eigenvalue weighted by Gasteiger charge is -2.19. The average Bonchev–Trinajstić information content (AvgIpc) is 2.78. The molecule has 0 unspecified atom stereocenters. The van der Waals surface area contributed by atoms with Crippen LogP contribution in [0.4, 0.5) is 11.5 Å². The molecule has 5 heteroatoms. The summed E-state index contributed by atoms with van der Waals surface area (Å²) in [6.45, 7) is 6.58. The first-order valence-electron chi connectivity index (χ1n) is 10.2. The molecule has 0 saturated heterocycles. The molecule has 0 aliphatic carbocycles. The largest absolute Gasteiger partial charge is 0.465 e. The molecule has 1 N–H and O–H groups in total. The molecule has 4 aromatic rings. The molecule has 1 heterocycles. The first-order chi connectivity index (χ1) is 14.8. The fraction of sp³-hybridized carbons (Fsp3) is 0.192. The van der Waals surface area contributed by atoms with Crippen LogP contribution < -0.4 is 5.32 Å². The van der Waals surface area contributed by atoms with E-state index in [4.69, 9.17) is 14.7 Å². The zero-order valence-electron chi connectivity index (χ0n) is 18.1. The monoisotopic (exact) mass is 411 g/mol. The van der Waals surface area contributed by atoms with Gasteiger partial charge >= 0.3 is 5.97 Å². The summed E-state index contributed by atoms with van der Waals surface area (Å²) in [5, 5.41) is 4.26. The molecule has 3 aromatic carbocycles.